The molecule has 1 N–H and O–H groups in total. The third kappa shape index (κ3) is 4.45. The van der Waals surface area contributed by atoms with Crippen LogP contribution in [0.1, 0.15) is 24.5 Å². The molecule has 0 atom stereocenters. The summed E-state index contributed by atoms with van der Waals surface area (Å²) in [6.07, 6.45) is 1.04. The predicted molar refractivity (Wildman–Crippen MR) is 84.7 cm³/mol. The van der Waals surface area contributed by atoms with Gasteiger partial charge in [-0.05, 0) is 55.8 Å². The Balaban J connectivity index is 2.24. The first-order valence-corrected chi connectivity index (χ1v) is 7.41. The molecular formula is C17H19ClFNO. The quantitative estimate of drug-likeness (QED) is 0.751. The van der Waals surface area contributed by atoms with Crippen molar-refractivity contribution < 1.29 is 9.13 Å². The van der Waals surface area contributed by atoms with E-state index in [9.17, 15) is 4.39 Å². The number of hydrogen-bond acceptors (Lipinski definition) is 2. The number of hydrogen-bond donors (Lipinski definition) is 1. The third-order valence-corrected chi connectivity index (χ3v) is 3.31. The summed E-state index contributed by atoms with van der Waals surface area (Å²) in [4.78, 5) is 0. The normalized spacial score (nSPS) is 10.7. The Morgan fingerprint density at radius 3 is 2.71 bits per heavy atom. The van der Waals surface area contributed by atoms with E-state index in [1.54, 1.807) is 24.3 Å². The van der Waals surface area contributed by atoms with Gasteiger partial charge in [0.05, 0.1) is 0 Å². The van der Waals surface area contributed by atoms with Crippen LogP contribution in [0.5, 0.6) is 11.5 Å². The standard InChI is InChI=1S/C17H19ClFNO/c1-3-8-20-11-13-10-14(18)5-7-16(13)21-17-9-12(2)4-6-15(17)19/h4-7,9-10,20H,3,8,11H2,1-2H3. The van der Waals surface area contributed by atoms with Gasteiger partial charge in [0.1, 0.15) is 5.75 Å². The molecule has 112 valence electrons. The molecule has 0 heterocycles. The van der Waals surface area contributed by atoms with E-state index in [2.05, 4.69) is 12.2 Å². The minimum Gasteiger partial charge on any atom is -0.454 e. The van der Waals surface area contributed by atoms with E-state index in [1.807, 2.05) is 13.0 Å². The van der Waals surface area contributed by atoms with E-state index < -0.39 is 0 Å². The Kier molecular flexibility index (Phi) is 5.59. The van der Waals surface area contributed by atoms with E-state index in [-0.39, 0.29) is 11.6 Å². The summed E-state index contributed by atoms with van der Waals surface area (Å²) in [6, 6.07) is 10.2. The van der Waals surface area contributed by atoms with Crippen molar-refractivity contribution in [2.75, 3.05) is 6.54 Å². The van der Waals surface area contributed by atoms with Gasteiger partial charge < -0.3 is 10.1 Å². The molecule has 0 spiro atoms. The number of halogens is 2. The number of nitrogens with one attached hydrogen (secondary N) is 1. The lowest BCUT2D eigenvalue weighted by atomic mass is 10.2. The van der Waals surface area contributed by atoms with Crippen LogP contribution < -0.4 is 10.1 Å². The molecule has 0 aliphatic carbocycles. The summed E-state index contributed by atoms with van der Waals surface area (Å²) in [6.45, 7) is 5.55. The minimum atomic E-state index is -0.372. The maximum atomic E-state index is 13.8. The van der Waals surface area contributed by atoms with Gasteiger partial charge in [-0.2, -0.15) is 0 Å². The minimum absolute atomic E-state index is 0.231. The smallest absolute Gasteiger partial charge is 0.165 e. The Bertz CT molecular complexity index is 616. The Hall–Kier alpha value is -1.58. The zero-order valence-electron chi connectivity index (χ0n) is 12.2. The highest BCUT2D eigenvalue weighted by Crippen LogP contribution is 2.30. The SMILES string of the molecule is CCCNCc1cc(Cl)ccc1Oc1cc(C)ccc1F. The van der Waals surface area contributed by atoms with Crippen LogP contribution in [0.15, 0.2) is 36.4 Å². The fourth-order valence-electron chi connectivity index (χ4n) is 1.99. The van der Waals surface area contributed by atoms with Crippen LogP contribution in [0.2, 0.25) is 5.02 Å². The van der Waals surface area contributed by atoms with Gasteiger partial charge in [0.15, 0.2) is 11.6 Å². The highest BCUT2D eigenvalue weighted by atomic mass is 35.5. The summed E-state index contributed by atoms with van der Waals surface area (Å²) >= 11 is 6.03. The number of ether oxygens (including phenoxy) is 1. The lowest BCUT2D eigenvalue weighted by molar-refractivity contribution is 0.435. The largest absolute Gasteiger partial charge is 0.454 e. The summed E-state index contributed by atoms with van der Waals surface area (Å²) in [5, 5.41) is 3.94. The summed E-state index contributed by atoms with van der Waals surface area (Å²) in [7, 11) is 0. The number of rotatable bonds is 6. The van der Waals surface area contributed by atoms with Gasteiger partial charge in [-0.25, -0.2) is 4.39 Å². The Morgan fingerprint density at radius 1 is 1.14 bits per heavy atom. The maximum absolute atomic E-state index is 13.8. The summed E-state index contributed by atoms with van der Waals surface area (Å²) in [5.41, 5.74) is 1.86. The molecule has 0 bridgehead atoms. The molecular weight excluding hydrogens is 289 g/mol. The summed E-state index contributed by atoms with van der Waals surface area (Å²) in [5.74, 6) is 0.476. The van der Waals surface area contributed by atoms with E-state index in [0.717, 1.165) is 24.1 Å². The van der Waals surface area contributed by atoms with Gasteiger partial charge >= 0.3 is 0 Å². The summed E-state index contributed by atoms with van der Waals surface area (Å²) < 4.78 is 19.5. The molecule has 0 aliphatic heterocycles. The molecule has 0 unspecified atom stereocenters. The molecule has 0 radical (unpaired) electrons. The van der Waals surface area contributed by atoms with Crippen LogP contribution in [-0.4, -0.2) is 6.54 Å². The van der Waals surface area contributed by atoms with Gasteiger partial charge in [0, 0.05) is 17.1 Å². The number of benzene rings is 2. The van der Waals surface area contributed by atoms with Gasteiger partial charge in [-0.15, -0.1) is 0 Å². The second kappa shape index (κ2) is 7.43. The van der Waals surface area contributed by atoms with Crippen LogP contribution >= 0.6 is 11.6 Å². The lowest BCUT2D eigenvalue weighted by Gasteiger charge is -2.13. The van der Waals surface area contributed by atoms with Crippen LogP contribution in [0, 0.1) is 12.7 Å². The van der Waals surface area contributed by atoms with Gasteiger partial charge in [0.2, 0.25) is 0 Å². The third-order valence-electron chi connectivity index (χ3n) is 3.07. The monoisotopic (exact) mass is 307 g/mol. The van der Waals surface area contributed by atoms with Crippen LogP contribution in [-0.2, 0) is 6.54 Å². The van der Waals surface area contributed by atoms with E-state index in [4.69, 9.17) is 16.3 Å². The molecule has 2 aromatic rings. The first kappa shape index (κ1) is 15.8. The van der Waals surface area contributed by atoms with E-state index in [1.165, 1.54) is 6.07 Å². The van der Waals surface area contributed by atoms with Crippen molar-refractivity contribution in [3.63, 3.8) is 0 Å². The van der Waals surface area contributed by atoms with Gasteiger partial charge in [-0.3, -0.25) is 0 Å². The fourth-order valence-corrected chi connectivity index (χ4v) is 2.19. The molecule has 2 rings (SSSR count). The van der Waals surface area contributed by atoms with Crippen LogP contribution in [0.25, 0.3) is 0 Å². The Morgan fingerprint density at radius 2 is 1.95 bits per heavy atom. The van der Waals surface area contributed by atoms with Crippen molar-refractivity contribution >= 4 is 11.6 Å². The zero-order valence-corrected chi connectivity index (χ0v) is 13.0. The lowest BCUT2D eigenvalue weighted by Crippen LogP contribution is -2.14. The predicted octanol–water partition coefficient (Wildman–Crippen LogP) is 5.08. The highest BCUT2D eigenvalue weighted by molar-refractivity contribution is 6.30. The van der Waals surface area contributed by atoms with Crippen molar-refractivity contribution in [2.45, 2.75) is 26.8 Å². The number of aryl methyl sites for hydroxylation is 1. The van der Waals surface area contributed by atoms with Crippen molar-refractivity contribution in [1.29, 1.82) is 0 Å². The fraction of sp³-hybridized carbons (Fsp3) is 0.294. The zero-order chi connectivity index (χ0) is 15.2. The average Bonchev–Trinajstić information content (AvgIpc) is 2.46. The first-order valence-electron chi connectivity index (χ1n) is 7.03. The molecule has 0 aromatic heterocycles. The molecule has 2 nitrogen and oxygen atoms in total. The second-order valence-corrected chi connectivity index (χ2v) is 5.40. The molecule has 0 saturated heterocycles. The van der Waals surface area contributed by atoms with Crippen molar-refractivity contribution in [3.8, 4) is 11.5 Å². The van der Waals surface area contributed by atoms with Crippen molar-refractivity contribution in [1.82, 2.24) is 5.32 Å². The van der Waals surface area contributed by atoms with Gasteiger partial charge in [0.25, 0.3) is 0 Å². The molecule has 21 heavy (non-hydrogen) atoms. The molecule has 0 aliphatic rings. The first-order chi connectivity index (χ1) is 10.1. The van der Waals surface area contributed by atoms with E-state index >= 15 is 0 Å². The van der Waals surface area contributed by atoms with E-state index in [0.29, 0.717) is 17.3 Å². The van der Waals surface area contributed by atoms with Crippen molar-refractivity contribution in [2.24, 2.45) is 0 Å². The van der Waals surface area contributed by atoms with Gasteiger partial charge in [-0.1, -0.05) is 24.6 Å². The average molecular weight is 308 g/mol. The highest BCUT2D eigenvalue weighted by Gasteiger charge is 2.09. The van der Waals surface area contributed by atoms with Crippen molar-refractivity contribution in [3.05, 3.63) is 58.4 Å². The Labute approximate surface area is 129 Å². The molecule has 4 heteroatoms. The molecule has 0 saturated carbocycles. The van der Waals surface area contributed by atoms with Crippen LogP contribution in [0.4, 0.5) is 4.39 Å². The molecule has 0 fully saturated rings. The molecule has 2 aromatic carbocycles. The van der Waals surface area contributed by atoms with Crippen LogP contribution in [0.3, 0.4) is 0 Å². The second-order valence-electron chi connectivity index (χ2n) is 4.96. The topological polar surface area (TPSA) is 21.3 Å². The maximum Gasteiger partial charge on any atom is 0.165 e. The molecule has 0 amide bonds.